The number of aromatic nitrogens is 1. The van der Waals surface area contributed by atoms with Crippen LogP contribution in [0.5, 0.6) is 0 Å². The van der Waals surface area contributed by atoms with E-state index in [-0.39, 0.29) is 11.9 Å². The summed E-state index contributed by atoms with van der Waals surface area (Å²) in [7, 11) is 2.06. The minimum atomic E-state index is -0.753. The number of carbonyl (C=O) groups excluding carboxylic acids is 1. The molecule has 160 valence electrons. The van der Waals surface area contributed by atoms with Gasteiger partial charge in [-0.1, -0.05) is 50.3 Å². The number of likely N-dealkylation sites (tertiary alicyclic amines) is 1. The summed E-state index contributed by atoms with van der Waals surface area (Å²) in [6, 6.07) is 12.3. The first-order chi connectivity index (χ1) is 14.6. The summed E-state index contributed by atoms with van der Waals surface area (Å²) in [5.74, 6) is 1.37. The van der Waals surface area contributed by atoms with Crippen molar-refractivity contribution in [1.82, 2.24) is 15.2 Å². The number of para-hydroxylation sites is 1. The number of rotatable bonds is 6. The van der Waals surface area contributed by atoms with Crippen LogP contribution in [0, 0.1) is 17.2 Å². The number of hydrogen-bond donors (Lipinski definition) is 3. The van der Waals surface area contributed by atoms with Gasteiger partial charge in [0, 0.05) is 24.0 Å². The fourth-order valence-corrected chi connectivity index (χ4v) is 4.91. The first-order valence-electron chi connectivity index (χ1n) is 11.3. The Morgan fingerprint density at radius 3 is 2.70 bits per heavy atom. The quantitative estimate of drug-likeness (QED) is 0.675. The maximum Gasteiger partial charge on any atom is 0.243 e. The maximum absolute atomic E-state index is 13.4. The van der Waals surface area contributed by atoms with Crippen LogP contribution in [0.3, 0.4) is 0 Å². The van der Waals surface area contributed by atoms with Crippen molar-refractivity contribution < 1.29 is 4.79 Å². The van der Waals surface area contributed by atoms with E-state index < -0.39 is 5.54 Å². The highest BCUT2D eigenvalue weighted by atomic mass is 16.2. The average Bonchev–Trinajstić information content (AvgIpc) is 3.18. The van der Waals surface area contributed by atoms with Crippen LogP contribution in [-0.4, -0.2) is 47.5 Å². The second-order valence-corrected chi connectivity index (χ2v) is 9.19. The minimum absolute atomic E-state index is 0.0506. The van der Waals surface area contributed by atoms with E-state index >= 15 is 0 Å². The molecule has 0 radical (unpaired) electrons. The zero-order valence-corrected chi connectivity index (χ0v) is 17.9. The van der Waals surface area contributed by atoms with E-state index in [4.69, 9.17) is 0 Å². The fraction of sp³-hybridized carbons (Fsp3) is 0.583. The summed E-state index contributed by atoms with van der Waals surface area (Å²) in [5, 5.41) is 17.6. The van der Waals surface area contributed by atoms with Gasteiger partial charge in [0.05, 0.1) is 6.07 Å². The summed E-state index contributed by atoms with van der Waals surface area (Å²) in [5.41, 5.74) is 0.303. The number of H-pyrrole nitrogens is 1. The van der Waals surface area contributed by atoms with Gasteiger partial charge in [-0.2, -0.15) is 5.26 Å². The Morgan fingerprint density at radius 2 is 2.00 bits per heavy atom. The molecule has 1 unspecified atom stereocenters. The molecule has 0 spiro atoms. The van der Waals surface area contributed by atoms with Crippen LogP contribution >= 0.6 is 0 Å². The maximum atomic E-state index is 13.4. The molecule has 6 heteroatoms. The van der Waals surface area contributed by atoms with Gasteiger partial charge in [-0.25, -0.2) is 0 Å². The van der Waals surface area contributed by atoms with Crippen LogP contribution in [-0.2, 0) is 4.79 Å². The third-order valence-electron chi connectivity index (χ3n) is 6.89. The summed E-state index contributed by atoms with van der Waals surface area (Å²) >= 11 is 0. The van der Waals surface area contributed by atoms with Gasteiger partial charge in [0.2, 0.25) is 5.91 Å². The highest BCUT2D eigenvalue weighted by Crippen LogP contribution is 2.29. The largest absolute Gasteiger partial charge is 0.360 e. The lowest BCUT2D eigenvalue weighted by Gasteiger charge is -2.37. The summed E-state index contributed by atoms with van der Waals surface area (Å²) < 4.78 is 0. The number of hydrogen-bond acceptors (Lipinski definition) is 4. The van der Waals surface area contributed by atoms with Crippen molar-refractivity contribution in [2.75, 3.05) is 25.5 Å². The minimum Gasteiger partial charge on any atom is -0.360 e. The number of piperidine rings is 1. The molecule has 3 N–H and O–H groups in total. The van der Waals surface area contributed by atoms with Crippen LogP contribution < -0.4 is 10.6 Å². The van der Waals surface area contributed by atoms with E-state index in [1.54, 1.807) is 0 Å². The number of carbonyl (C=O) groups is 1. The van der Waals surface area contributed by atoms with Gasteiger partial charge in [0.1, 0.15) is 17.4 Å². The van der Waals surface area contributed by atoms with Crippen LogP contribution in [0.1, 0.15) is 51.4 Å². The van der Waals surface area contributed by atoms with Gasteiger partial charge in [-0.05, 0) is 44.4 Å². The molecule has 2 fully saturated rings. The van der Waals surface area contributed by atoms with E-state index in [1.807, 2.05) is 18.2 Å². The van der Waals surface area contributed by atoms with Crippen molar-refractivity contribution in [2.24, 2.45) is 5.92 Å². The van der Waals surface area contributed by atoms with E-state index in [1.165, 1.54) is 32.1 Å². The fourth-order valence-electron chi connectivity index (χ4n) is 4.91. The lowest BCUT2D eigenvalue weighted by molar-refractivity contribution is -0.124. The number of anilines is 1. The van der Waals surface area contributed by atoms with Crippen molar-refractivity contribution in [2.45, 2.75) is 62.9 Å². The second-order valence-electron chi connectivity index (χ2n) is 9.19. The predicted octanol–water partition coefficient (Wildman–Crippen LogP) is 4.02. The molecular weight excluding hydrogens is 374 g/mol. The number of nitrogens with one attached hydrogen (secondary N) is 3. The third kappa shape index (κ3) is 4.79. The molecule has 0 bridgehead atoms. The zero-order valence-electron chi connectivity index (χ0n) is 17.9. The summed E-state index contributed by atoms with van der Waals surface area (Å²) in [6.45, 7) is 1.66. The zero-order chi connectivity index (χ0) is 21.0. The first-order valence-corrected chi connectivity index (χ1v) is 11.3. The van der Waals surface area contributed by atoms with Gasteiger partial charge in [0.15, 0.2) is 0 Å². The molecular formula is C24H33N5O. The molecule has 1 saturated carbocycles. The molecule has 30 heavy (non-hydrogen) atoms. The average molecular weight is 408 g/mol. The Bertz CT molecular complexity index is 867. The Balaban J connectivity index is 1.51. The smallest absolute Gasteiger partial charge is 0.243 e. The number of amides is 1. The van der Waals surface area contributed by atoms with Crippen molar-refractivity contribution in [3.63, 3.8) is 0 Å². The number of fused-ring (bicyclic) bond motifs is 1. The lowest BCUT2D eigenvalue weighted by Crippen LogP contribution is -2.57. The van der Waals surface area contributed by atoms with Crippen molar-refractivity contribution in [3.8, 4) is 6.07 Å². The molecule has 1 aromatic carbocycles. The Labute approximate surface area is 179 Å². The monoisotopic (exact) mass is 407 g/mol. The lowest BCUT2D eigenvalue weighted by atomic mass is 9.84. The second kappa shape index (κ2) is 9.09. The number of nitrogens with zero attached hydrogens (tertiary/aromatic N) is 2. The van der Waals surface area contributed by atoms with Crippen molar-refractivity contribution in [1.29, 1.82) is 5.26 Å². The first kappa shape index (κ1) is 20.7. The van der Waals surface area contributed by atoms with Gasteiger partial charge in [0.25, 0.3) is 0 Å². The Morgan fingerprint density at radius 1 is 1.27 bits per heavy atom. The molecule has 1 amide bonds. The molecule has 4 rings (SSSR count). The highest BCUT2D eigenvalue weighted by Gasteiger charge is 2.37. The van der Waals surface area contributed by atoms with Crippen LogP contribution in [0.2, 0.25) is 0 Å². The van der Waals surface area contributed by atoms with Gasteiger partial charge in [-0.3, -0.25) is 4.79 Å². The molecule has 2 aromatic rings. The normalized spacial score (nSPS) is 21.1. The molecule has 1 aromatic heterocycles. The molecule has 6 nitrogen and oxygen atoms in total. The van der Waals surface area contributed by atoms with E-state index in [0.717, 1.165) is 36.2 Å². The highest BCUT2D eigenvalue weighted by molar-refractivity contribution is 5.88. The number of benzene rings is 1. The molecule has 2 heterocycles. The molecule has 1 aliphatic heterocycles. The van der Waals surface area contributed by atoms with Gasteiger partial charge in [-0.15, -0.1) is 0 Å². The standard InChI is InChI=1S/C24H33N5O/c1-29-13-11-24(17-25,12-14-29)28-23(30)21(15-18-7-3-2-4-8-18)27-22-16-19-9-5-6-10-20(19)26-22/h5-6,9-10,16,18,21,26-27H,2-4,7-8,11-15H2,1H3,(H,28,30). The van der Waals surface area contributed by atoms with Crippen molar-refractivity contribution >= 4 is 22.6 Å². The van der Waals surface area contributed by atoms with Gasteiger partial charge < -0.3 is 20.5 Å². The van der Waals surface area contributed by atoms with E-state index in [2.05, 4.69) is 45.8 Å². The van der Waals surface area contributed by atoms with Crippen LogP contribution in [0.15, 0.2) is 30.3 Å². The molecule has 1 saturated heterocycles. The summed E-state index contributed by atoms with van der Waals surface area (Å²) in [6.07, 6.45) is 8.33. The van der Waals surface area contributed by atoms with Crippen LogP contribution in [0.25, 0.3) is 10.9 Å². The SMILES string of the molecule is CN1CCC(C#N)(NC(=O)C(CC2CCCCC2)Nc2cc3ccccc3[nH]2)CC1. The summed E-state index contributed by atoms with van der Waals surface area (Å²) in [4.78, 5) is 19.0. The van der Waals surface area contributed by atoms with E-state index in [0.29, 0.717) is 18.8 Å². The molecule has 2 aliphatic rings. The Kier molecular flexibility index (Phi) is 6.29. The van der Waals surface area contributed by atoms with Crippen molar-refractivity contribution in [3.05, 3.63) is 30.3 Å². The van der Waals surface area contributed by atoms with Gasteiger partial charge >= 0.3 is 0 Å². The number of aromatic amines is 1. The predicted molar refractivity (Wildman–Crippen MR) is 120 cm³/mol. The molecule has 1 aliphatic carbocycles. The molecule has 1 atom stereocenters. The topological polar surface area (TPSA) is 83.9 Å². The third-order valence-corrected chi connectivity index (χ3v) is 6.89. The Hall–Kier alpha value is -2.52. The van der Waals surface area contributed by atoms with E-state index in [9.17, 15) is 10.1 Å². The van der Waals surface area contributed by atoms with Crippen LogP contribution in [0.4, 0.5) is 5.82 Å². The number of nitriles is 1.